The SMILES string of the molecule is CC[C@H]1O[C@@H](n2cnc(N)nc2=O)CC1OP(=O)(O)OC[C@H]1O[C@@H](n2cnc3c(=O)[nH]c(C)nc32)CC1OC(=O)c1ccccc1. The van der Waals surface area contributed by atoms with Gasteiger partial charge in [-0.05, 0) is 25.5 Å². The third-order valence-electron chi connectivity index (χ3n) is 7.62. The van der Waals surface area contributed by atoms with Gasteiger partial charge in [0.25, 0.3) is 5.56 Å². The summed E-state index contributed by atoms with van der Waals surface area (Å²) in [6.07, 6.45) is -2.13. The predicted molar refractivity (Wildman–Crippen MR) is 157 cm³/mol. The number of phosphoric acid groups is 1. The third kappa shape index (κ3) is 6.62. The van der Waals surface area contributed by atoms with E-state index in [9.17, 15) is 23.8 Å². The number of imidazole rings is 1. The predicted octanol–water partition coefficient (Wildman–Crippen LogP) is 1.37. The van der Waals surface area contributed by atoms with Gasteiger partial charge in [-0.15, -0.1) is 0 Å². The number of carbonyl (C=O) groups excluding carboxylic acids is 1. The van der Waals surface area contributed by atoms with E-state index in [1.54, 1.807) is 44.2 Å². The Morgan fingerprint density at radius 2 is 1.76 bits per heavy atom. The Kier molecular flexibility index (Phi) is 8.82. The second-order valence-electron chi connectivity index (χ2n) is 10.7. The first-order valence-electron chi connectivity index (χ1n) is 14.4. The van der Waals surface area contributed by atoms with Gasteiger partial charge in [0.05, 0.1) is 30.7 Å². The number of ether oxygens (including phenoxy) is 3. The number of aryl methyl sites for hydroxylation is 1. The summed E-state index contributed by atoms with van der Waals surface area (Å²) in [5, 5.41) is 0. The quantitative estimate of drug-likeness (QED) is 0.161. The number of nitrogens with one attached hydrogen (secondary N) is 1. The lowest BCUT2D eigenvalue weighted by Crippen LogP contribution is -2.31. The molecule has 0 bridgehead atoms. The molecule has 0 amide bonds. The molecule has 6 rings (SSSR count). The second kappa shape index (κ2) is 12.8. The number of hydrogen-bond donors (Lipinski definition) is 3. The van der Waals surface area contributed by atoms with Crippen LogP contribution in [0.15, 0.2) is 52.6 Å². The molecule has 2 aliphatic heterocycles. The van der Waals surface area contributed by atoms with Crippen molar-refractivity contribution >= 4 is 30.9 Å². The fraction of sp³-hybridized carbons (Fsp3) is 0.444. The summed E-state index contributed by atoms with van der Waals surface area (Å²) in [5.74, 6) is -0.469. The molecule has 3 aromatic heterocycles. The van der Waals surface area contributed by atoms with Crippen molar-refractivity contribution in [1.82, 2.24) is 34.1 Å². The number of esters is 1. The van der Waals surface area contributed by atoms with Gasteiger partial charge in [0.2, 0.25) is 5.95 Å². The van der Waals surface area contributed by atoms with Gasteiger partial charge in [-0.3, -0.25) is 23.0 Å². The summed E-state index contributed by atoms with van der Waals surface area (Å²) in [7, 11) is -4.75. The van der Waals surface area contributed by atoms with Crippen molar-refractivity contribution in [2.45, 2.75) is 70.0 Å². The molecule has 4 aromatic rings. The monoisotopic (exact) mass is 658 g/mol. The van der Waals surface area contributed by atoms with Gasteiger partial charge in [0.1, 0.15) is 36.8 Å². The molecule has 244 valence electrons. The molecule has 18 nitrogen and oxygen atoms in total. The van der Waals surface area contributed by atoms with Crippen LogP contribution < -0.4 is 17.0 Å². The van der Waals surface area contributed by atoms with Crippen molar-refractivity contribution in [2.75, 3.05) is 12.3 Å². The van der Waals surface area contributed by atoms with Gasteiger partial charge in [-0.25, -0.2) is 29.1 Å². The number of phosphoric ester groups is 1. The van der Waals surface area contributed by atoms with Crippen LogP contribution in [0, 0.1) is 6.92 Å². The molecule has 19 heteroatoms. The number of hydrogen-bond acceptors (Lipinski definition) is 14. The Hall–Kier alpha value is -4.32. The van der Waals surface area contributed by atoms with E-state index in [0.717, 1.165) is 4.57 Å². The van der Waals surface area contributed by atoms with Crippen molar-refractivity contribution in [1.29, 1.82) is 0 Å². The zero-order valence-electron chi connectivity index (χ0n) is 24.7. The number of aromatic amines is 1. The van der Waals surface area contributed by atoms with Crippen LogP contribution in [0.1, 0.15) is 54.8 Å². The number of nitrogens with zero attached hydrogens (tertiary/aromatic N) is 6. The highest BCUT2D eigenvalue weighted by Gasteiger charge is 2.44. The van der Waals surface area contributed by atoms with Crippen LogP contribution in [0.25, 0.3) is 11.2 Å². The number of aromatic nitrogens is 7. The summed E-state index contributed by atoms with van der Waals surface area (Å²) < 4.78 is 44.5. The minimum atomic E-state index is -4.75. The molecule has 4 N–H and O–H groups in total. The Labute approximate surface area is 260 Å². The number of carbonyl (C=O) groups is 1. The lowest BCUT2D eigenvalue weighted by Gasteiger charge is -2.23. The Balaban J connectivity index is 1.18. The topological polar surface area (TPSA) is 238 Å². The Morgan fingerprint density at radius 1 is 1.07 bits per heavy atom. The number of benzene rings is 1. The minimum absolute atomic E-state index is 0.0260. The van der Waals surface area contributed by atoms with Crippen LogP contribution >= 0.6 is 7.82 Å². The third-order valence-corrected chi connectivity index (χ3v) is 8.63. The molecule has 46 heavy (non-hydrogen) atoms. The van der Waals surface area contributed by atoms with E-state index >= 15 is 0 Å². The van der Waals surface area contributed by atoms with Crippen molar-refractivity contribution in [3.05, 3.63) is 75.2 Å². The van der Waals surface area contributed by atoms with Crippen LogP contribution in [0.2, 0.25) is 0 Å². The van der Waals surface area contributed by atoms with Crippen molar-refractivity contribution < 1.29 is 37.5 Å². The fourth-order valence-corrected chi connectivity index (χ4v) is 6.40. The summed E-state index contributed by atoms with van der Waals surface area (Å²) in [5.41, 5.74) is 4.99. The standard InChI is InChI=1S/C27H31N8O10P/c1-3-16-18(10-21(42-16)35-13-30-26(28)33-27(35)38)45-46(39,40)41-11-19-17(44-25(37)15-7-5-4-6-8-15)9-20(43-19)34-12-29-22-23(34)31-14(2)32-24(22)36/h4-8,12-13,16-21H,3,9-11H2,1-2H3,(H,39,40)(H2,28,33,38)(H,31,32,36)/t16-,17?,18?,19-,20-,21-/m1/s1. The molecule has 2 aliphatic rings. The molecule has 0 aliphatic carbocycles. The highest BCUT2D eigenvalue weighted by Crippen LogP contribution is 2.49. The molecule has 0 saturated carbocycles. The van der Waals surface area contributed by atoms with E-state index in [1.807, 2.05) is 0 Å². The van der Waals surface area contributed by atoms with Crippen molar-refractivity contribution in [3.63, 3.8) is 0 Å². The highest BCUT2D eigenvalue weighted by molar-refractivity contribution is 7.47. The van der Waals surface area contributed by atoms with Gasteiger partial charge in [-0.2, -0.15) is 4.98 Å². The zero-order chi connectivity index (χ0) is 32.6. The average Bonchev–Trinajstić information content (AvgIpc) is 3.73. The first kappa shape index (κ1) is 31.7. The molecular formula is C27H31N8O10P. The number of H-pyrrole nitrogens is 1. The number of nitrogens with two attached hydrogens (primary N) is 1. The maximum absolute atomic E-state index is 13.2. The van der Waals surface area contributed by atoms with Crippen LogP contribution in [0.5, 0.6) is 0 Å². The molecule has 5 heterocycles. The highest BCUT2D eigenvalue weighted by atomic mass is 31.2. The van der Waals surface area contributed by atoms with Gasteiger partial charge in [-0.1, -0.05) is 25.1 Å². The van der Waals surface area contributed by atoms with Crippen LogP contribution in [-0.2, 0) is 27.8 Å². The van der Waals surface area contributed by atoms with Crippen molar-refractivity contribution in [3.8, 4) is 0 Å². The molecule has 1 aromatic carbocycles. The smallest absolute Gasteiger partial charge is 0.456 e. The number of nitrogen functional groups attached to an aromatic ring is 1. The number of anilines is 1. The molecule has 0 spiro atoms. The van der Waals surface area contributed by atoms with Crippen LogP contribution in [-0.4, -0.2) is 75.9 Å². The molecule has 2 saturated heterocycles. The van der Waals surface area contributed by atoms with E-state index in [2.05, 4.69) is 24.9 Å². The molecular weight excluding hydrogens is 627 g/mol. The largest absolute Gasteiger partial charge is 0.472 e. The van der Waals surface area contributed by atoms with Gasteiger partial charge >= 0.3 is 19.5 Å². The second-order valence-corrected chi connectivity index (χ2v) is 12.1. The number of rotatable bonds is 10. The molecule has 0 radical (unpaired) electrons. The van der Waals surface area contributed by atoms with Gasteiger partial charge in [0.15, 0.2) is 11.2 Å². The number of fused-ring (bicyclic) bond motifs is 1. The minimum Gasteiger partial charge on any atom is -0.456 e. The summed E-state index contributed by atoms with van der Waals surface area (Å²) in [6.45, 7) is 2.91. The molecule has 3 unspecified atom stereocenters. The molecule has 7 atom stereocenters. The van der Waals surface area contributed by atoms with Gasteiger partial charge in [0, 0.05) is 12.8 Å². The van der Waals surface area contributed by atoms with Crippen LogP contribution in [0.4, 0.5) is 5.95 Å². The summed E-state index contributed by atoms with van der Waals surface area (Å²) in [6, 6.07) is 8.30. The maximum Gasteiger partial charge on any atom is 0.472 e. The van der Waals surface area contributed by atoms with E-state index in [0.29, 0.717) is 17.8 Å². The fourth-order valence-electron chi connectivity index (χ4n) is 5.44. The first-order valence-corrected chi connectivity index (χ1v) is 15.9. The average molecular weight is 659 g/mol. The van der Waals surface area contributed by atoms with Crippen molar-refractivity contribution in [2.24, 2.45) is 0 Å². The lowest BCUT2D eigenvalue weighted by molar-refractivity contribution is -0.0545. The van der Waals surface area contributed by atoms with E-state index in [-0.39, 0.29) is 30.0 Å². The van der Waals surface area contributed by atoms with E-state index in [4.69, 9.17) is 29.0 Å². The first-order chi connectivity index (χ1) is 22.0. The van der Waals surface area contributed by atoms with Crippen LogP contribution in [0.3, 0.4) is 0 Å². The Bertz CT molecular complexity index is 1900. The summed E-state index contributed by atoms with van der Waals surface area (Å²) in [4.78, 5) is 66.8. The molecule has 2 fully saturated rings. The maximum atomic E-state index is 13.2. The summed E-state index contributed by atoms with van der Waals surface area (Å²) >= 11 is 0. The van der Waals surface area contributed by atoms with Gasteiger partial charge < -0.3 is 29.8 Å². The zero-order valence-corrected chi connectivity index (χ0v) is 25.6. The Morgan fingerprint density at radius 3 is 2.50 bits per heavy atom. The van der Waals surface area contributed by atoms with E-state index < -0.39 is 68.5 Å². The van der Waals surface area contributed by atoms with E-state index in [1.165, 1.54) is 17.2 Å². The lowest BCUT2D eigenvalue weighted by atomic mass is 10.1. The normalized spacial score (nSPS) is 25.9.